The maximum Gasteiger partial charge on any atom is 0.404 e. The molecule has 0 rings (SSSR count). The van der Waals surface area contributed by atoms with Crippen molar-refractivity contribution in [1.29, 1.82) is 0 Å². The van der Waals surface area contributed by atoms with Gasteiger partial charge in [0.15, 0.2) is 0 Å². The first-order valence-corrected chi connectivity index (χ1v) is 2.80. The monoisotopic (exact) mass is 164 g/mol. The van der Waals surface area contributed by atoms with Gasteiger partial charge in [0.05, 0.1) is 0 Å². The zero-order valence-electron chi connectivity index (χ0n) is 6.37. The van der Waals surface area contributed by atoms with E-state index >= 15 is 0 Å². The first-order chi connectivity index (χ1) is 4.91. The highest BCUT2D eigenvalue weighted by Crippen LogP contribution is 1.68. The van der Waals surface area contributed by atoms with E-state index in [1.165, 1.54) is 14.0 Å². The lowest BCUT2D eigenvalue weighted by molar-refractivity contribution is -0.138. The second-order valence-corrected chi connectivity index (χ2v) is 1.68. The molecule has 0 saturated heterocycles. The standard InChI is InChI=1S/C3H7NO2.C2H5NO2/c1-2(4)3(5)6;1-3-2(4)5/h2H,4H2,1H3,(H,5,6);3H,1H3,(H,4,5)/t2-;/m0./s1. The number of aliphatic carboxylic acids is 1. The second-order valence-electron chi connectivity index (χ2n) is 1.68. The van der Waals surface area contributed by atoms with Crippen LogP contribution in [-0.4, -0.2) is 35.4 Å². The molecule has 0 aromatic heterocycles. The molecule has 0 aromatic rings. The molecular weight excluding hydrogens is 152 g/mol. The largest absolute Gasteiger partial charge is 0.480 e. The van der Waals surface area contributed by atoms with Gasteiger partial charge in [0.25, 0.3) is 0 Å². The molecule has 0 aliphatic heterocycles. The molecule has 6 heteroatoms. The molecule has 0 saturated carbocycles. The van der Waals surface area contributed by atoms with Crippen LogP contribution in [0.5, 0.6) is 0 Å². The third kappa shape index (κ3) is 17.7. The molecule has 1 amide bonds. The number of carboxylic acids is 1. The lowest BCUT2D eigenvalue weighted by Gasteiger charge is -1.90. The highest BCUT2D eigenvalue weighted by atomic mass is 16.4. The predicted octanol–water partition coefficient (Wildman–Crippen LogP) is -0.698. The normalized spacial score (nSPS) is 10.5. The van der Waals surface area contributed by atoms with Gasteiger partial charge >= 0.3 is 12.1 Å². The van der Waals surface area contributed by atoms with Crippen molar-refractivity contribution in [3.05, 3.63) is 0 Å². The Morgan fingerprint density at radius 1 is 1.45 bits per heavy atom. The SMILES string of the molecule is CNC(=O)O.C[C@H](N)C(=O)O. The molecular formula is C5H12N2O4. The van der Waals surface area contributed by atoms with E-state index in [0.29, 0.717) is 0 Å². The third-order valence-corrected chi connectivity index (χ3v) is 0.603. The van der Waals surface area contributed by atoms with Crippen LogP contribution in [-0.2, 0) is 4.79 Å². The van der Waals surface area contributed by atoms with Gasteiger partial charge in [-0.25, -0.2) is 4.79 Å². The van der Waals surface area contributed by atoms with Crippen molar-refractivity contribution in [3.63, 3.8) is 0 Å². The quantitative estimate of drug-likeness (QED) is 0.409. The Balaban J connectivity index is 0. The lowest BCUT2D eigenvalue weighted by atomic mass is 10.4. The fourth-order valence-electron chi connectivity index (χ4n) is 0. The second kappa shape index (κ2) is 6.81. The summed E-state index contributed by atoms with van der Waals surface area (Å²) in [7, 11) is 1.35. The number of hydrogen-bond donors (Lipinski definition) is 4. The summed E-state index contributed by atoms with van der Waals surface area (Å²) < 4.78 is 0. The van der Waals surface area contributed by atoms with Crippen molar-refractivity contribution in [2.75, 3.05) is 7.05 Å². The maximum absolute atomic E-state index is 9.57. The van der Waals surface area contributed by atoms with Crippen LogP contribution in [0.1, 0.15) is 6.92 Å². The van der Waals surface area contributed by atoms with Crippen molar-refractivity contribution in [2.24, 2.45) is 5.73 Å². The number of nitrogens with two attached hydrogens (primary N) is 1. The molecule has 0 unspecified atom stereocenters. The Hall–Kier alpha value is -1.30. The van der Waals surface area contributed by atoms with Crippen LogP contribution >= 0.6 is 0 Å². The van der Waals surface area contributed by atoms with Gasteiger partial charge in [-0.15, -0.1) is 0 Å². The fraction of sp³-hybridized carbons (Fsp3) is 0.600. The Labute approximate surface area is 64.0 Å². The molecule has 0 heterocycles. The predicted molar refractivity (Wildman–Crippen MR) is 38.4 cm³/mol. The van der Waals surface area contributed by atoms with Gasteiger partial charge < -0.3 is 21.3 Å². The number of carboxylic acid groups (broad SMARTS) is 2. The van der Waals surface area contributed by atoms with Gasteiger partial charge in [0.1, 0.15) is 6.04 Å². The van der Waals surface area contributed by atoms with Crippen LogP contribution in [0.3, 0.4) is 0 Å². The van der Waals surface area contributed by atoms with E-state index in [2.05, 4.69) is 0 Å². The average molecular weight is 164 g/mol. The van der Waals surface area contributed by atoms with Crippen molar-refractivity contribution in [1.82, 2.24) is 5.32 Å². The van der Waals surface area contributed by atoms with Crippen molar-refractivity contribution >= 4 is 12.1 Å². The van der Waals surface area contributed by atoms with Gasteiger partial charge in [0, 0.05) is 7.05 Å². The summed E-state index contributed by atoms with van der Waals surface area (Å²) in [5.41, 5.74) is 4.84. The number of amides is 1. The molecule has 6 nitrogen and oxygen atoms in total. The summed E-state index contributed by atoms with van der Waals surface area (Å²) in [4.78, 5) is 18.8. The Morgan fingerprint density at radius 3 is 1.64 bits per heavy atom. The molecule has 0 aromatic carbocycles. The van der Waals surface area contributed by atoms with Crippen LogP contribution in [0.25, 0.3) is 0 Å². The molecule has 0 aliphatic rings. The highest BCUT2D eigenvalue weighted by Gasteiger charge is 1.99. The van der Waals surface area contributed by atoms with E-state index in [4.69, 9.17) is 15.9 Å². The maximum atomic E-state index is 9.57. The average Bonchev–Trinajstić information content (AvgIpc) is 1.89. The summed E-state index contributed by atoms with van der Waals surface area (Å²) in [6.45, 7) is 1.42. The summed E-state index contributed by atoms with van der Waals surface area (Å²) in [6.07, 6.45) is -0.995. The summed E-state index contributed by atoms with van der Waals surface area (Å²) in [5, 5.41) is 17.4. The van der Waals surface area contributed by atoms with E-state index < -0.39 is 18.1 Å². The first-order valence-electron chi connectivity index (χ1n) is 2.80. The van der Waals surface area contributed by atoms with Crippen molar-refractivity contribution in [3.8, 4) is 0 Å². The van der Waals surface area contributed by atoms with Gasteiger partial charge in [-0.2, -0.15) is 0 Å². The molecule has 0 radical (unpaired) electrons. The molecule has 0 spiro atoms. The number of hydrogen-bond acceptors (Lipinski definition) is 3. The van der Waals surface area contributed by atoms with Crippen molar-refractivity contribution in [2.45, 2.75) is 13.0 Å². The zero-order chi connectivity index (χ0) is 9.44. The molecule has 0 fully saturated rings. The number of carbonyl (C=O) groups is 2. The smallest absolute Gasteiger partial charge is 0.404 e. The Bertz CT molecular complexity index is 134. The van der Waals surface area contributed by atoms with Gasteiger partial charge in [0.2, 0.25) is 0 Å². The molecule has 66 valence electrons. The highest BCUT2D eigenvalue weighted by molar-refractivity contribution is 5.72. The zero-order valence-corrected chi connectivity index (χ0v) is 6.37. The van der Waals surface area contributed by atoms with Crippen LogP contribution < -0.4 is 11.1 Å². The molecule has 0 bridgehead atoms. The van der Waals surface area contributed by atoms with E-state index in [1.807, 2.05) is 5.32 Å². The van der Waals surface area contributed by atoms with E-state index in [-0.39, 0.29) is 0 Å². The minimum absolute atomic E-state index is 0.731. The van der Waals surface area contributed by atoms with Crippen molar-refractivity contribution < 1.29 is 19.8 Å². The summed E-state index contributed by atoms with van der Waals surface area (Å²) in [5.74, 6) is -0.963. The van der Waals surface area contributed by atoms with Crippen LogP contribution in [0.15, 0.2) is 0 Å². The summed E-state index contributed by atoms with van der Waals surface area (Å²) in [6, 6.07) is -0.731. The van der Waals surface area contributed by atoms with Gasteiger partial charge in [-0.05, 0) is 6.92 Å². The van der Waals surface area contributed by atoms with E-state index in [0.717, 1.165) is 0 Å². The van der Waals surface area contributed by atoms with Crippen LogP contribution in [0, 0.1) is 0 Å². The molecule has 1 atom stereocenters. The Morgan fingerprint density at radius 2 is 1.64 bits per heavy atom. The first kappa shape index (κ1) is 12.4. The minimum Gasteiger partial charge on any atom is -0.480 e. The van der Waals surface area contributed by atoms with E-state index in [1.54, 1.807) is 0 Å². The third-order valence-electron chi connectivity index (χ3n) is 0.603. The fourth-order valence-corrected chi connectivity index (χ4v) is 0. The Kier molecular flexibility index (Phi) is 7.67. The molecule has 5 N–H and O–H groups in total. The number of nitrogens with one attached hydrogen (secondary N) is 1. The molecule has 11 heavy (non-hydrogen) atoms. The topological polar surface area (TPSA) is 113 Å². The number of rotatable bonds is 1. The molecule has 0 aliphatic carbocycles. The van der Waals surface area contributed by atoms with Crippen LogP contribution in [0.4, 0.5) is 4.79 Å². The van der Waals surface area contributed by atoms with Gasteiger partial charge in [-0.3, -0.25) is 4.79 Å². The minimum atomic E-state index is -0.995. The summed E-state index contributed by atoms with van der Waals surface area (Å²) >= 11 is 0. The van der Waals surface area contributed by atoms with Crippen LogP contribution in [0.2, 0.25) is 0 Å². The van der Waals surface area contributed by atoms with E-state index in [9.17, 15) is 9.59 Å². The van der Waals surface area contributed by atoms with Gasteiger partial charge in [-0.1, -0.05) is 0 Å². The lowest BCUT2D eigenvalue weighted by Crippen LogP contribution is -2.25.